The Morgan fingerprint density at radius 2 is 2.17 bits per heavy atom. The van der Waals surface area contributed by atoms with Gasteiger partial charge < -0.3 is 5.32 Å². The van der Waals surface area contributed by atoms with E-state index >= 15 is 0 Å². The van der Waals surface area contributed by atoms with Crippen LogP contribution in [0.1, 0.15) is 19.3 Å². The van der Waals surface area contributed by atoms with E-state index in [4.69, 9.17) is 0 Å². The number of nitrogens with one attached hydrogen (secondary N) is 1. The van der Waals surface area contributed by atoms with E-state index in [9.17, 15) is 18.0 Å². The molecule has 2 atom stereocenters. The molecule has 1 heterocycles. The molecule has 1 aliphatic heterocycles. The Morgan fingerprint density at radius 1 is 1.50 bits per heavy atom. The molecule has 2 fully saturated rings. The summed E-state index contributed by atoms with van der Waals surface area (Å²) in [6.07, 6.45) is -4.00. The maximum absolute atomic E-state index is 12.4. The summed E-state index contributed by atoms with van der Waals surface area (Å²) in [5.41, 5.74) is -2.04. The SMILES string of the molecule is O=C1NC2CCC1(C(F)(F)F)C2. The van der Waals surface area contributed by atoms with E-state index in [1.54, 1.807) is 0 Å². The van der Waals surface area contributed by atoms with Crippen molar-refractivity contribution in [1.82, 2.24) is 5.32 Å². The molecule has 2 aliphatic rings. The van der Waals surface area contributed by atoms with Crippen LogP contribution >= 0.6 is 0 Å². The number of alkyl halides is 3. The number of hydrogen-bond acceptors (Lipinski definition) is 1. The van der Waals surface area contributed by atoms with Gasteiger partial charge in [-0.3, -0.25) is 4.79 Å². The molecule has 1 amide bonds. The molecule has 0 spiro atoms. The van der Waals surface area contributed by atoms with Crippen LogP contribution in [-0.4, -0.2) is 18.1 Å². The number of halogens is 3. The summed E-state index contributed by atoms with van der Waals surface area (Å²) in [5.74, 6) is -0.828. The van der Waals surface area contributed by atoms with Crippen LogP contribution in [0.2, 0.25) is 0 Å². The third-order valence-corrected chi connectivity index (χ3v) is 2.83. The van der Waals surface area contributed by atoms with Gasteiger partial charge in [0.15, 0.2) is 0 Å². The monoisotopic (exact) mass is 179 g/mol. The lowest BCUT2D eigenvalue weighted by Crippen LogP contribution is -2.45. The fourth-order valence-corrected chi connectivity index (χ4v) is 2.08. The maximum atomic E-state index is 12.4. The number of carbonyl (C=O) groups is 1. The second kappa shape index (κ2) is 1.95. The number of fused-ring (bicyclic) bond motifs is 2. The van der Waals surface area contributed by atoms with E-state index in [2.05, 4.69) is 5.32 Å². The lowest BCUT2D eigenvalue weighted by molar-refractivity contribution is -0.216. The normalized spacial score (nSPS) is 40.2. The van der Waals surface area contributed by atoms with Gasteiger partial charge in [-0.1, -0.05) is 0 Å². The zero-order chi connectivity index (χ0) is 8.98. The van der Waals surface area contributed by atoms with Crippen LogP contribution in [0.5, 0.6) is 0 Å². The van der Waals surface area contributed by atoms with Crippen molar-refractivity contribution < 1.29 is 18.0 Å². The first-order valence-electron chi connectivity index (χ1n) is 3.83. The van der Waals surface area contributed by atoms with Crippen molar-refractivity contribution >= 4 is 5.91 Å². The number of amides is 1. The molecule has 2 bridgehead atoms. The van der Waals surface area contributed by atoms with Crippen molar-refractivity contribution in [2.75, 3.05) is 0 Å². The topological polar surface area (TPSA) is 29.1 Å². The Kier molecular flexibility index (Phi) is 1.28. The Morgan fingerprint density at radius 3 is 2.42 bits per heavy atom. The summed E-state index contributed by atoms with van der Waals surface area (Å²) >= 11 is 0. The van der Waals surface area contributed by atoms with Crippen molar-refractivity contribution in [3.05, 3.63) is 0 Å². The number of hydrogen-bond donors (Lipinski definition) is 1. The van der Waals surface area contributed by atoms with Crippen molar-refractivity contribution in [3.8, 4) is 0 Å². The highest BCUT2D eigenvalue weighted by Crippen LogP contribution is 2.53. The molecule has 1 saturated carbocycles. The van der Waals surface area contributed by atoms with Crippen LogP contribution in [0.4, 0.5) is 13.2 Å². The summed E-state index contributed by atoms with van der Waals surface area (Å²) in [7, 11) is 0. The molecule has 0 aromatic heterocycles. The van der Waals surface area contributed by atoms with Crippen LogP contribution in [0.25, 0.3) is 0 Å². The summed E-state index contributed by atoms with van der Waals surface area (Å²) in [4.78, 5) is 11.0. The summed E-state index contributed by atoms with van der Waals surface area (Å²) in [6.45, 7) is 0. The maximum Gasteiger partial charge on any atom is 0.403 e. The Hall–Kier alpha value is -0.740. The second-order valence-electron chi connectivity index (χ2n) is 3.49. The predicted molar refractivity (Wildman–Crippen MR) is 34.3 cm³/mol. The Labute approximate surface area is 67.1 Å². The fraction of sp³-hybridized carbons (Fsp3) is 0.857. The zero-order valence-corrected chi connectivity index (χ0v) is 6.24. The van der Waals surface area contributed by atoms with Gasteiger partial charge in [-0.05, 0) is 19.3 Å². The van der Waals surface area contributed by atoms with Gasteiger partial charge in [0.1, 0.15) is 5.41 Å². The molecular formula is C7H8F3NO. The van der Waals surface area contributed by atoms with Gasteiger partial charge in [-0.2, -0.15) is 13.2 Å². The van der Waals surface area contributed by atoms with E-state index in [-0.39, 0.29) is 18.9 Å². The average molecular weight is 179 g/mol. The number of rotatable bonds is 0. The van der Waals surface area contributed by atoms with Gasteiger partial charge in [0.2, 0.25) is 5.91 Å². The molecule has 1 saturated heterocycles. The van der Waals surface area contributed by atoms with Crippen LogP contribution < -0.4 is 5.32 Å². The fourth-order valence-electron chi connectivity index (χ4n) is 2.08. The summed E-state index contributed by atoms with van der Waals surface area (Å²) in [6, 6.07) is -0.237. The highest BCUT2D eigenvalue weighted by molar-refractivity contribution is 5.87. The van der Waals surface area contributed by atoms with Crippen molar-refractivity contribution in [1.29, 1.82) is 0 Å². The zero-order valence-electron chi connectivity index (χ0n) is 6.24. The molecule has 1 N–H and O–H groups in total. The summed E-state index contributed by atoms with van der Waals surface area (Å²) < 4.78 is 37.3. The van der Waals surface area contributed by atoms with E-state index in [0.29, 0.717) is 6.42 Å². The van der Waals surface area contributed by atoms with Gasteiger partial charge >= 0.3 is 6.18 Å². The van der Waals surface area contributed by atoms with Gasteiger partial charge in [0.25, 0.3) is 0 Å². The van der Waals surface area contributed by atoms with E-state index < -0.39 is 17.5 Å². The molecule has 0 aromatic rings. The third kappa shape index (κ3) is 0.738. The molecule has 68 valence electrons. The molecule has 5 heteroatoms. The van der Waals surface area contributed by atoms with Crippen LogP contribution in [0.3, 0.4) is 0 Å². The Balaban J connectivity index is 2.36. The minimum atomic E-state index is -4.37. The smallest absolute Gasteiger partial charge is 0.353 e. The molecule has 2 nitrogen and oxygen atoms in total. The largest absolute Gasteiger partial charge is 0.403 e. The average Bonchev–Trinajstić information content (AvgIpc) is 2.41. The molecule has 12 heavy (non-hydrogen) atoms. The highest BCUT2D eigenvalue weighted by Gasteiger charge is 2.67. The van der Waals surface area contributed by atoms with Crippen molar-refractivity contribution in [2.45, 2.75) is 31.5 Å². The third-order valence-electron chi connectivity index (χ3n) is 2.83. The van der Waals surface area contributed by atoms with E-state index in [1.807, 2.05) is 0 Å². The van der Waals surface area contributed by atoms with Gasteiger partial charge in [0, 0.05) is 6.04 Å². The molecular weight excluding hydrogens is 171 g/mol. The first-order chi connectivity index (χ1) is 5.46. The Bertz CT molecular complexity index is 237. The van der Waals surface area contributed by atoms with Gasteiger partial charge in [-0.25, -0.2) is 0 Å². The molecule has 1 aliphatic carbocycles. The molecule has 0 aromatic carbocycles. The van der Waals surface area contributed by atoms with Gasteiger partial charge in [-0.15, -0.1) is 0 Å². The van der Waals surface area contributed by atoms with Crippen LogP contribution in [0.15, 0.2) is 0 Å². The first kappa shape index (κ1) is 7.89. The minimum absolute atomic E-state index is 0.0347. The minimum Gasteiger partial charge on any atom is -0.353 e. The quantitative estimate of drug-likeness (QED) is 0.595. The van der Waals surface area contributed by atoms with E-state index in [0.717, 1.165) is 0 Å². The van der Waals surface area contributed by atoms with E-state index in [1.165, 1.54) is 0 Å². The van der Waals surface area contributed by atoms with Crippen molar-refractivity contribution in [3.63, 3.8) is 0 Å². The first-order valence-corrected chi connectivity index (χ1v) is 3.83. The standard InChI is InChI=1S/C7H8F3NO/c8-7(9,10)6-2-1-4(3-6)11-5(6)12/h4H,1-3H2,(H,11,12). The molecule has 0 radical (unpaired) electrons. The number of piperidine rings is 1. The lowest BCUT2D eigenvalue weighted by Gasteiger charge is -2.26. The second-order valence-corrected chi connectivity index (χ2v) is 3.49. The molecule has 2 unspecified atom stereocenters. The lowest BCUT2D eigenvalue weighted by atomic mass is 9.86. The molecule has 2 rings (SSSR count). The van der Waals surface area contributed by atoms with Crippen LogP contribution in [-0.2, 0) is 4.79 Å². The van der Waals surface area contributed by atoms with Gasteiger partial charge in [0.05, 0.1) is 0 Å². The summed E-state index contributed by atoms with van der Waals surface area (Å²) in [5, 5.41) is 2.34. The predicted octanol–water partition coefficient (Wildman–Crippen LogP) is 1.22. The number of carbonyl (C=O) groups excluding carboxylic acids is 1. The highest BCUT2D eigenvalue weighted by atomic mass is 19.4. The van der Waals surface area contributed by atoms with Crippen molar-refractivity contribution in [2.24, 2.45) is 5.41 Å². The van der Waals surface area contributed by atoms with Crippen LogP contribution in [0, 0.1) is 5.41 Å².